The van der Waals surface area contributed by atoms with Gasteiger partial charge < -0.3 is 9.64 Å². The monoisotopic (exact) mass is 326 g/mol. The van der Waals surface area contributed by atoms with E-state index < -0.39 is 0 Å². The van der Waals surface area contributed by atoms with Gasteiger partial charge in [-0.25, -0.2) is 0 Å². The first-order valence-corrected chi connectivity index (χ1v) is 8.72. The van der Waals surface area contributed by atoms with Gasteiger partial charge in [0.1, 0.15) is 5.82 Å². The fraction of sp³-hybridized carbons (Fsp3) is 0.500. The van der Waals surface area contributed by atoms with Crippen molar-refractivity contribution in [1.29, 1.82) is 0 Å². The van der Waals surface area contributed by atoms with Gasteiger partial charge in [-0.3, -0.25) is 9.20 Å². The van der Waals surface area contributed by atoms with Gasteiger partial charge in [-0.2, -0.15) is 0 Å². The summed E-state index contributed by atoms with van der Waals surface area (Å²) in [5, 5.41) is 8.54. The molecular weight excluding hydrogens is 304 g/mol. The number of piperidine rings is 1. The molecule has 2 aromatic rings. The number of amides is 1. The molecule has 0 bridgehead atoms. The van der Waals surface area contributed by atoms with Crippen LogP contribution in [-0.2, 0) is 16.0 Å². The number of allylic oxidation sites excluding steroid dienone is 1. The number of rotatable bonds is 3. The van der Waals surface area contributed by atoms with Gasteiger partial charge in [0.2, 0.25) is 0 Å². The average molecular weight is 326 g/mol. The van der Waals surface area contributed by atoms with Crippen LogP contribution in [0.5, 0.6) is 0 Å². The van der Waals surface area contributed by atoms with Crippen LogP contribution in [0.25, 0.3) is 5.65 Å². The van der Waals surface area contributed by atoms with Gasteiger partial charge in [0.15, 0.2) is 11.4 Å². The summed E-state index contributed by atoms with van der Waals surface area (Å²) >= 11 is 0. The Morgan fingerprint density at radius 1 is 1.29 bits per heavy atom. The molecule has 2 aliphatic heterocycles. The van der Waals surface area contributed by atoms with E-state index in [9.17, 15) is 4.79 Å². The first kappa shape index (κ1) is 15.2. The summed E-state index contributed by atoms with van der Waals surface area (Å²) in [6, 6.07) is 5.91. The molecule has 1 fully saturated rings. The lowest BCUT2D eigenvalue weighted by Crippen LogP contribution is -2.42. The van der Waals surface area contributed by atoms with E-state index in [-0.39, 0.29) is 5.91 Å². The minimum Gasteiger partial charge on any atom is -0.488 e. The van der Waals surface area contributed by atoms with Gasteiger partial charge in [0, 0.05) is 25.7 Å². The van der Waals surface area contributed by atoms with Crippen LogP contribution in [0.2, 0.25) is 0 Å². The molecule has 0 aliphatic carbocycles. The molecule has 0 spiro atoms. The number of hydrogen-bond donors (Lipinski definition) is 0. The molecule has 6 heteroatoms. The number of ether oxygens (including phenoxy) is 1. The lowest BCUT2D eigenvalue weighted by molar-refractivity contribution is -0.133. The van der Waals surface area contributed by atoms with Crippen LogP contribution in [0.4, 0.5) is 0 Å². The van der Waals surface area contributed by atoms with E-state index in [0.29, 0.717) is 18.3 Å². The molecule has 1 amide bonds. The fourth-order valence-corrected chi connectivity index (χ4v) is 3.57. The third-order valence-corrected chi connectivity index (χ3v) is 4.81. The van der Waals surface area contributed by atoms with Crippen LogP contribution in [-0.4, -0.2) is 45.1 Å². The largest absolute Gasteiger partial charge is 0.488 e. The lowest BCUT2D eigenvalue weighted by Gasteiger charge is -2.33. The molecule has 126 valence electrons. The maximum atomic E-state index is 12.6. The standard InChI is InChI=1S/C18H22N4O2/c23-18(15-7-2-4-11-24-15)21-9-5-6-14(13-21)12-17-20-19-16-8-1-3-10-22(16)17/h1,3,7-8,10,14H,2,4-6,9,11-13H2. The molecule has 0 saturated carbocycles. The summed E-state index contributed by atoms with van der Waals surface area (Å²) in [4.78, 5) is 14.6. The van der Waals surface area contributed by atoms with E-state index in [4.69, 9.17) is 4.74 Å². The molecule has 0 aromatic carbocycles. The summed E-state index contributed by atoms with van der Waals surface area (Å²) < 4.78 is 7.57. The van der Waals surface area contributed by atoms with Crippen molar-refractivity contribution < 1.29 is 9.53 Å². The van der Waals surface area contributed by atoms with Crippen molar-refractivity contribution in [1.82, 2.24) is 19.5 Å². The topological polar surface area (TPSA) is 59.7 Å². The number of carbonyl (C=O) groups is 1. The Balaban J connectivity index is 1.45. The SMILES string of the molecule is O=C(C1=CCCCO1)N1CCCC(Cc2nnc3ccccn23)C1. The highest BCUT2D eigenvalue weighted by Gasteiger charge is 2.28. The Kier molecular flexibility index (Phi) is 4.19. The highest BCUT2D eigenvalue weighted by Crippen LogP contribution is 2.23. The molecule has 0 N–H and O–H groups in total. The quantitative estimate of drug-likeness (QED) is 0.868. The molecule has 24 heavy (non-hydrogen) atoms. The zero-order valence-electron chi connectivity index (χ0n) is 13.7. The molecule has 4 heterocycles. The summed E-state index contributed by atoms with van der Waals surface area (Å²) in [5.74, 6) is 1.97. The third kappa shape index (κ3) is 3.00. The summed E-state index contributed by atoms with van der Waals surface area (Å²) in [6.07, 6.45) is 8.85. The Hall–Kier alpha value is -2.37. The molecule has 1 unspecified atom stereocenters. The summed E-state index contributed by atoms with van der Waals surface area (Å²) in [5.41, 5.74) is 0.872. The van der Waals surface area contributed by atoms with E-state index in [0.717, 1.165) is 56.7 Å². The number of carbonyl (C=O) groups excluding carboxylic acids is 1. The van der Waals surface area contributed by atoms with Gasteiger partial charge in [-0.15, -0.1) is 10.2 Å². The van der Waals surface area contributed by atoms with Gasteiger partial charge in [-0.05, 0) is 49.8 Å². The van der Waals surface area contributed by atoms with E-state index in [1.54, 1.807) is 0 Å². The van der Waals surface area contributed by atoms with Crippen molar-refractivity contribution in [3.63, 3.8) is 0 Å². The third-order valence-electron chi connectivity index (χ3n) is 4.81. The van der Waals surface area contributed by atoms with E-state index in [2.05, 4.69) is 10.2 Å². The number of aromatic nitrogens is 3. The molecule has 0 radical (unpaired) electrons. The first-order chi connectivity index (χ1) is 11.8. The maximum Gasteiger partial charge on any atom is 0.288 e. The summed E-state index contributed by atoms with van der Waals surface area (Å²) in [7, 11) is 0. The van der Waals surface area contributed by atoms with Crippen LogP contribution in [0.1, 0.15) is 31.5 Å². The van der Waals surface area contributed by atoms with E-state index in [1.807, 2.05) is 39.8 Å². The molecular formula is C18H22N4O2. The van der Waals surface area contributed by atoms with Crippen molar-refractivity contribution in [3.8, 4) is 0 Å². The van der Waals surface area contributed by atoms with E-state index >= 15 is 0 Å². The Morgan fingerprint density at radius 3 is 3.12 bits per heavy atom. The number of likely N-dealkylation sites (tertiary alicyclic amines) is 1. The van der Waals surface area contributed by atoms with Crippen LogP contribution in [0.15, 0.2) is 36.2 Å². The second-order valence-electron chi connectivity index (χ2n) is 6.57. The Labute approximate surface area is 141 Å². The molecule has 1 saturated heterocycles. The van der Waals surface area contributed by atoms with Crippen LogP contribution in [0.3, 0.4) is 0 Å². The molecule has 2 aliphatic rings. The van der Waals surface area contributed by atoms with Gasteiger partial charge in [0.25, 0.3) is 5.91 Å². The van der Waals surface area contributed by atoms with Gasteiger partial charge >= 0.3 is 0 Å². The Morgan fingerprint density at radius 2 is 2.25 bits per heavy atom. The molecule has 4 rings (SSSR count). The average Bonchev–Trinajstić information content (AvgIpc) is 3.05. The van der Waals surface area contributed by atoms with Gasteiger partial charge in [0.05, 0.1) is 6.61 Å². The van der Waals surface area contributed by atoms with Gasteiger partial charge in [-0.1, -0.05) is 6.07 Å². The zero-order chi connectivity index (χ0) is 16.4. The van der Waals surface area contributed by atoms with Crippen molar-refractivity contribution in [3.05, 3.63) is 42.1 Å². The predicted octanol–water partition coefficient (Wildman–Crippen LogP) is 2.20. The van der Waals surface area contributed by atoms with Crippen LogP contribution >= 0.6 is 0 Å². The van der Waals surface area contributed by atoms with Crippen molar-refractivity contribution in [2.24, 2.45) is 5.92 Å². The number of pyridine rings is 1. The van der Waals surface area contributed by atoms with Crippen molar-refractivity contribution in [2.75, 3.05) is 19.7 Å². The van der Waals surface area contributed by atoms with E-state index in [1.165, 1.54) is 0 Å². The highest BCUT2D eigenvalue weighted by molar-refractivity contribution is 5.91. The predicted molar refractivity (Wildman–Crippen MR) is 89.3 cm³/mol. The molecule has 2 aromatic heterocycles. The second kappa shape index (κ2) is 6.63. The van der Waals surface area contributed by atoms with Crippen LogP contribution < -0.4 is 0 Å². The smallest absolute Gasteiger partial charge is 0.288 e. The molecule has 1 atom stereocenters. The highest BCUT2D eigenvalue weighted by atomic mass is 16.5. The maximum absolute atomic E-state index is 12.6. The number of nitrogens with zero attached hydrogens (tertiary/aromatic N) is 4. The summed E-state index contributed by atoms with van der Waals surface area (Å²) in [6.45, 7) is 2.23. The zero-order valence-corrected chi connectivity index (χ0v) is 13.7. The molecule has 6 nitrogen and oxygen atoms in total. The van der Waals surface area contributed by atoms with Crippen molar-refractivity contribution >= 4 is 11.6 Å². The minimum absolute atomic E-state index is 0.0468. The Bertz CT molecular complexity index is 767. The number of fused-ring (bicyclic) bond motifs is 1. The minimum atomic E-state index is 0.0468. The normalized spacial score (nSPS) is 21.4. The fourth-order valence-electron chi connectivity index (χ4n) is 3.57. The van der Waals surface area contributed by atoms with Crippen molar-refractivity contribution in [2.45, 2.75) is 32.1 Å². The number of hydrogen-bond acceptors (Lipinski definition) is 4. The lowest BCUT2D eigenvalue weighted by atomic mass is 9.94. The first-order valence-electron chi connectivity index (χ1n) is 8.72. The second-order valence-corrected chi connectivity index (χ2v) is 6.57. The van der Waals surface area contributed by atoms with Crippen LogP contribution in [0, 0.1) is 5.92 Å².